The lowest BCUT2D eigenvalue weighted by Gasteiger charge is -2.61. The van der Waals surface area contributed by atoms with Gasteiger partial charge in [0.15, 0.2) is 17.2 Å². The molecule has 29 heavy (non-hydrogen) atoms. The molecule has 0 aliphatic heterocycles. The number of allylic oxidation sites excluding steroid dienone is 1. The highest BCUT2D eigenvalue weighted by atomic mass is 19.3. The lowest BCUT2D eigenvalue weighted by molar-refractivity contribution is -0.223. The monoisotopic (exact) mass is 414 g/mol. The Balaban J connectivity index is 1.82. The fourth-order valence-electron chi connectivity index (χ4n) is 7.35. The van der Waals surface area contributed by atoms with E-state index < -0.39 is 76.9 Å². The highest BCUT2D eigenvalue weighted by Crippen LogP contribution is 2.69. The number of carbonyl (C=O) groups excluding carboxylic acids is 2. The molecule has 4 aliphatic rings. The van der Waals surface area contributed by atoms with Crippen LogP contribution in [-0.2, 0) is 9.59 Å². The summed E-state index contributed by atoms with van der Waals surface area (Å²) in [5, 5.41) is 42.2. The molecule has 0 unspecified atom stereocenters. The van der Waals surface area contributed by atoms with Crippen LogP contribution in [0.3, 0.4) is 0 Å². The molecule has 0 amide bonds. The molecule has 162 valence electrons. The first-order valence-corrected chi connectivity index (χ1v) is 10.2. The quantitative estimate of drug-likeness (QED) is 0.536. The van der Waals surface area contributed by atoms with Gasteiger partial charge in [0.25, 0.3) is 5.92 Å². The second-order valence-corrected chi connectivity index (χ2v) is 9.84. The van der Waals surface area contributed by atoms with Crippen molar-refractivity contribution in [2.45, 2.75) is 69.7 Å². The third-order valence-electron chi connectivity index (χ3n) is 8.82. The van der Waals surface area contributed by atoms with E-state index in [1.54, 1.807) is 6.92 Å². The Labute approximate surface area is 167 Å². The fraction of sp³-hybridized carbons (Fsp3) is 0.810. The number of carbonyl (C=O) groups is 2. The van der Waals surface area contributed by atoms with Crippen LogP contribution in [0.25, 0.3) is 0 Å². The van der Waals surface area contributed by atoms with E-state index in [0.29, 0.717) is 12.0 Å². The molecule has 4 N–H and O–H groups in total. The summed E-state index contributed by atoms with van der Waals surface area (Å²) in [5.74, 6) is -6.64. The van der Waals surface area contributed by atoms with Crippen LogP contribution in [0.2, 0.25) is 0 Å². The molecule has 8 heteroatoms. The van der Waals surface area contributed by atoms with E-state index >= 15 is 8.78 Å². The molecular weight excluding hydrogens is 386 g/mol. The number of hydrogen-bond acceptors (Lipinski definition) is 6. The van der Waals surface area contributed by atoms with Crippen molar-refractivity contribution in [1.29, 1.82) is 0 Å². The van der Waals surface area contributed by atoms with Gasteiger partial charge in [-0.1, -0.05) is 12.5 Å². The van der Waals surface area contributed by atoms with Gasteiger partial charge in [0.1, 0.15) is 6.61 Å². The van der Waals surface area contributed by atoms with Crippen LogP contribution in [0.1, 0.15) is 46.0 Å². The summed E-state index contributed by atoms with van der Waals surface area (Å²) in [4.78, 5) is 24.2. The molecule has 0 heterocycles. The van der Waals surface area contributed by atoms with Crippen molar-refractivity contribution in [3.05, 3.63) is 11.6 Å². The van der Waals surface area contributed by atoms with Gasteiger partial charge in [-0.2, -0.15) is 0 Å². The van der Waals surface area contributed by atoms with Gasteiger partial charge in [-0.3, -0.25) is 9.59 Å². The maximum absolute atomic E-state index is 15.2. The molecule has 4 rings (SSSR count). The summed E-state index contributed by atoms with van der Waals surface area (Å²) in [7, 11) is 0. The van der Waals surface area contributed by atoms with Crippen LogP contribution in [0.15, 0.2) is 11.6 Å². The number of hydrogen-bond donors (Lipinski definition) is 4. The van der Waals surface area contributed by atoms with Gasteiger partial charge in [0.2, 0.25) is 0 Å². The van der Waals surface area contributed by atoms with Crippen molar-refractivity contribution < 1.29 is 38.8 Å². The highest BCUT2D eigenvalue weighted by molar-refractivity contribution is 5.93. The number of aliphatic hydroxyl groups is 4. The molecule has 0 bridgehead atoms. The third-order valence-corrected chi connectivity index (χ3v) is 8.82. The Morgan fingerprint density at radius 3 is 2.55 bits per heavy atom. The Hall–Kier alpha value is -1.22. The zero-order valence-electron chi connectivity index (χ0n) is 16.6. The summed E-state index contributed by atoms with van der Waals surface area (Å²) in [5.41, 5.74) is -4.83. The Kier molecular flexibility index (Phi) is 4.46. The summed E-state index contributed by atoms with van der Waals surface area (Å²) in [6.07, 6.45) is -1.73. The lowest BCUT2D eigenvalue weighted by atomic mass is 9.44. The largest absolute Gasteiger partial charge is 0.393 e. The predicted molar refractivity (Wildman–Crippen MR) is 96.9 cm³/mol. The molecule has 0 aromatic heterocycles. The van der Waals surface area contributed by atoms with Gasteiger partial charge in [-0.05, 0) is 50.5 Å². The minimum Gasteiger partial charge on any atom is -0.393 e. The van der Waals surface area contributed by atoms with Crippen molar-refractivity contribution in [3.8, 4) is 0 Å². The smallest absolute Gasteiger partial charge is 0.264 e. The third kappa shape index (κ3) is 2.34. The molecule has 0 saturated heterocycles. The number of aliphatic hydroxyl groups excluding tert-OH is 3. The highest BCUT2D eigenvalue weighted by Gasteiger charge is 2.74. The summed E-state index contributed by atoms with van der Waals surface area (Å²) < 4.78 is 30.4. The number of fused-ring (bicyclic) bond motifs is 5. The molecule has 6 nitrogen and oxygen atoms in total. The number of Topliss-reactive ketones (excluding diaryl/α,β-unsaturated/α-hetero) is 1. The van der Waals surface area contributed by atoms with Crippen LogP contribution in [0.4, 0.5) is 8.78 Å². The molecule has 3 saturated carbocycles. The Morgan fingerprint density at radius 1 is 1.28 bits per heavy atom. The molecular formula is C21H28F2O6. The summed E-state index contributed by atoms with van der Waals surface area (Å²) in [6, 6.07) is 0. The van der Waals surface area contributed by atoms with Gasteiger partial charge >= 0.3 is 0 Å². The van der Waals surface area contributed by atoms with Crippen molar-refractivity contribution in [3.63, 3.8) is 0 Å². The number of alkyl halides is 2. The van der Waals surface area contributed by atoms with Crippen LogP contribution in [-0.4, -0.2) is 62.3 Å². The molecule has 0 radical (unpaired) electrons. The molecule has 0 aromatic carbocycles. The molecule has 3 fully saturated rings. The minimum absolute atomic E-state index is 0.0340. The normalized spacial score (nSPS) is 51.0. The van der Waals surface area contributed by atoms with Gasteiger partial charge in [-0.15, -0.1) is 0 Å². The lowest BCUT2D eigenvalue weighted by Crippen LogP contribution is -2.66. The minimum atomic E-state index is -3.32. The van der Waals surface area contributed by atoms with Gasteiger partial charge in [0, 0.05) is 11.3 Å². The standard InChI is InChI=1S/C21H28F2O6/c1-18-8-14(26)17-12(13(18)6-15(27)21(18,29)16(28)9-24)4-3-10-5-11(25)7-20(22,23)19(10,17)2/h5,12-15,17,24,26-27,29H,3-4,6-9H2,1-2H3/t12-,13-,14-,15+,17+,18-,19-,21-/m0/s1. The van der Waals surface area contributed by atoms with Crippen molar-refractivity contribution >= 4 is 11.6 Å². The second-order valence-electron chi connectivity index (χ2n) is 9.84. The van der Waals surface area contributed by atoms with E-state index in [1.807, 2.05) is 0 Å². The maximum atomic E-state index is 15.2. The van der Waals surface area contributed by atoms with E-state index in [-0.39, 0.29) is 19.3 Å². The average molecular weight is 414 g/mol. The predicted octanol–water partition coefficient (Wildman–Crippen LogP) is 0.998. The van der Waals surface area contributed by atoms with Crippen LogP contribution in [0.5, 0.6) is 0 Å². The molecule has 8 atom stereocenters. The van der Waals surface area contributed by atoms with Crippen LogP contribution in [0, 0.1) is 28.6 Å². The van der Waals surface area contributed by atoms with Crippen LogP contribution < -0.4 is 0 Å². The van der Waals surface area contributed by atoms with Gasteiger partial charge in [-0.25, -0.2) is 8.78 Å². The van der Waals surface area contributed by atoms with E-state index in [9.17, 15) is 30.0 Å². The SMILES string of the molecule is C[C@@]12C(=CC(=O)CC1(F)F)CC[C@@H]1[C@@H]2[C@@H](O)C[C@@]2(C)[C@H]1C[C@@H](O)[C@]2(O)C(=O)CO. The van der Waals surface area contributed by atoms with Gasteiger partial charge in [0.05, 0.1) is 24.0 Å². The zero-order valence-corrected chi connectivity index (χ0v) is 16.6. The first-order chi connectivity index (χ1) is 13.3. The van der Waals surface area contributed by atoms with Crippen LogP contribution >= 0.6 is 0 Å². The fourth-order valence-corrected chi connectivity index (χ4v) is 7.35. The van der Waals surface area contributed by atoms with Crippen molar-refractivity contribution in [1.82, 2.24) is 0 Å². The molecule has 0 spiro atoms. The average Bonchev–Trinajstić information content (AvgIpc) is 2.82. The number of rotatable bonds is 2. The van der Waals surface area contributed by atoms with Gasteiger partial charge < -0.3 is 20.4 Å². The van der Waals surface area contributed by atoms with E-state index in [0.717, 1.165) is 0 Å². The Morgan fingerprint density at radius 2 is 1.93 bits per heavy atom. The van der Waals surface area contributed by atoms with Crippen molar-refractivity contribution in [2.24, 2.45) is 28.6 Å². The van der Waals surface area contributed by atoms with E-state index in [1.165, 1.54) is 13.0 Å². The second kappa shape index (κ2) is 6.15. The summed E-state index contributed by atoms with van der Waals surface area (Å²) >= 11 is 0. The zero-order chi connectivity index (χ0) is 21.6. The molecule has 4 aliphatic carbocycles. The summed E-state index contributed by atoms with van der Waals surface area (Å²) in [6.45, 7) is 2.05. The molecule has 0 aromatic rings. The number of ketones is 2. The topological polar surface area (TPSA) is 115 Å². The maximum Gasteiger partial charge on any atom is 0.264 e. The first kappa shape index (κ1) is 21.0. The van der Waals surface area contributed by atoms with E-state index in [4.69, 9.17) is 0 Å². The van der Waals surface area contributed by atoms with E-state index in [2.05, 4.69) is 0 Å². The van der Waals surface area contributed by atoms with Crippen molar-refractivity contribution in [2.75, 3.05) is 6.61 Å². The number of halogens is 2. The first-order valence-electron chi connectivity index (χ1n) is 10.2. The Bertz CT molecular complexity index is 796.